The molecule has 0 radical (unpaired) electrons. The molecule has 2 rings (SSSR count). The van der Waals surface area contributed by atoms with Crippen molar-refractivity contribution in [2.45, 2.75) is 0 Å². The lowest BCUT2D eigenvalue weighted by Crippen LogP contribution is -2.99. The number of nitrogens with two attached hydrogens (primary N) is 1. The molecule has 4 nitrogen and oxygen atoms in total. The number of benzene rings is 1. The molecular weight excluding hydrogens is 142 g/mol. The van der Waals surface area contributed by atoms with E-state index in [1.54, 1.807) is 5.53 Å². The normalized spacial score (nSPS) is 15.5. The lowest BCUT2D eigenvalue weighted by Gasteiger charge is -2.06. The fraction of sp³-hybridized carbons (Fsp3) is 0.143. The molecule has 0 fully saturated rings. The smallest absolute Gasteiger partial charge is 0.151 e. The molecule has 1 aliphatic heterocycles. The highest BCUT2D eigenvalue weighted by Crippen LogP contribution is 2.26. The third-order valence-corrected chi connectivity index (χ3v) is 1.79. The predicted molar refractivity (Wildman–Crippen MR) is 41.0 cm³/mol. The van der Waals surface area contributed by atoms with Crippen LogP contribution in [0.1, 0.15) is 0 Å². The number of rotatable bonds is 0. The molecule has 3 N–H and O–H groups in total. The zero-order valence-electron chi connectivity index (χ0n) is 6.23. The van der Waals surface area contributed by atoms with E-state index in [0.717, 1.165) is 16.5 Å². The average molecular weight is 152 g/mol. The summed E-state index contributed by atoms with van der Waals surface area (Å²) in [4.78, 5) is 0. The van der Waals surface area contributed by atoms with Gasteiger partial charge in [0.2, 0.25) is 0 Å². The second-order valence-corrected chi connectivity index (χ2v) is 2.56. The minimum absolute atomic E-state index is 0.829. The van der Waals surface area contributed by atoms with E-state index in [-0.39, 0.29) is 0 Å². The lowest BCUT2D eigenvalue weighted by molar-refractivity contribution is -0.701. The number of hydrogen-bond donors (Lipinski definition) is 2. The molecule has 11 heavy (non-hydrogen) atoms. The van der Waals surface area contributed by atoms with Gasteiger partial charge in [0, 0.05) is 0 Å². The van der Waals surface area contributed by atoms with Gasteiger partial charge in [-0.3, -0.25) is 0 Å². The molecule has 0 saturated carbocycles. The summed E-state index contributed by atoms with van der Waals surface area (Å²) in [6.45, 7) is 0. The standard InChI is InChI=1S/C7H9N3O/c1-9-6-4-2-3-5-7(6)10(11)8-9/h2-5,8,11H,1H3/p+1. The first-order chi connectivity index (χ1) is 5.29. The van der Waals surface area contributed by atoms with E-state index in [4.69, 9.17) is 0 Å². The van der Waals surface area contributed by atoms with E-state index in [2.05, 4.69) is 0 Å². The Balaban J connectivity index is 2.52. The van der Waals surface area contributed by atoms with Crippen molar-refractivity contribution >= 4 is 11.4 Å². The van der Waals surface area contributed by atoms with Crippen LogP contribution in [-0.2, 0) is 0 Å². The molecule has 58 valence electrons. The molecule has 1 aromatic carbocycles. The zero-order chi connectivity index (χ0) is 7.84. The van der Waals surface area contributed by atoms with E-state index >= 15 is 0 Å². The van der Waals surface area contributed by atoms with Gasteiger partial charge >= 0.3 is 0 Å². The van der Waals surface area contributed by atoms with Crippen molar-refractivity contribution in [3.63, 3.8) is 0 Å². The van der Waals surface area contributed by atoms with Gasteiger partial charge in [0.05, 0.1) is 7.05 Å². The van der Waals surface area contributed by atoms with Gasteiger partial charge < -0.3 is 0 Å². The van der Waals surface area contributed by atoms with E-state index in [0.29, 0.717) is 0 Å². The van der Waals surface area contributed by atoms with Crippen LogP contribution in [0.25, 0.3) is 0 Å². The van der Waals surface area contributed by atoms with Crippen LogP contribution < -0.4 is 15.7 Å². The second-order valence-electron chi connectivity index (χ2n) is 2.56. The fourth-order valence-corrected chi connectivity index (χ4v) is 1.24. The minimum Gasteiger partial charge on any atom is -0.242 e. The first-order valence-electron chi connectivity index (χ1n) is 3.44. The Bertz CT molecular complexity index is 249. The summed E-state index contributed by atoms with van der Waals surface area (Å²) in [5, 5.41) is 12.3. The van der Waals surface area contributed by atoms with Crippen LogP contribution >= 0.6 is 0 Å². The van der Waals surface area contributed by atoms with Crippen molar-refractivity contribution in [1.29, 1.82) is 0 Å². The predicted octanol–water partition coefficient (Wildman–Crippen LogP) is -0.275. The van der Waals surface area contributed by atoms with Gasteiger partial charge in [0.1, 0.15) is 5.69 Å². The fourth-order valence-electron chi connectivity index (χ4n) is 1.24. The van der Waals surface area contributed by atoms with E-state index in [1.165, 1.54) is 0 Å². The van der Waals surface area contributed by atoms with Crippen LogP contribution in [0.2, 0.25) is 0 Å². The Hall–Kier alpha value is -1.26. The molecule has 0 aliphatic carbocycles. The zero-order valence-corrected chi connectivity index (χ0v) is 6.23. The Morgan fingerprint density at radius 3 is 2.55 bits per heavy atom. The van der Waals surface area contributed by atoms with Crippen LogP contribution in [-0.4, -0.2) is 12.3 Å². The van der Waals surface area contributed by atoms with Crippen molar-refractivity contribution in [2.24, 2.45) is 0 Å². The van der Waals surface area contributed by atoms with Crippen LogP contribution in [0.5, 0.6) is 0 Å². The van der Waals surface area contributed by atoms with Crippen molar-refractivity contribution in [3.8, 4) is 0 Å². The van der Waals surface area contributed by atoms with Crippen LogP contribution in [0.15, 0.2) is 24.3 Å². The maximum Gasteiger partial charge on any atom is 0.151 e. The monoisotopic (exact) mass is 152 g/mol. The number of anilines is 2. The van der Waals surface area contributed by atoms with Gasteiger partial charge in [0.15, 0.2) is 5.69 Å². The van der Waals surface area contributed by atoms with Crippen molar-refractivity contribution < 1.29 is 10.7 Å². The number of para-hydroxylation sites is 2. The van der Waals surface area contributed by atoms with Gasteiger partial charge in [-0.25, -0.2) is 10.2 Å². The minimum atomic E-state index is 0.829. The second kappa shape index (κ2) is 2.11. The van der Waals surface area contributed by atoms with Gasteiger partial charge in [-0.15, -0.1) is 5.53 Å². The number of quaternary nitrogens is 1. The average Bonchev–Trinajstić information content (AvgIpc) is 2.30. The summed E-state index contributed by atoms with van der Waals surface area (Å²) in [7, 11) is 1.90. The summed E-state index contributed by atoms with van der Waals surface area (Å²) in [5.74, 6) is 0. The SMILES string of the molecule is CN1[NH2+]N(O)c2ccccc21. The Labute approximate surface area is 64.5 Å². The molecule has 0 amide bonds. The summed E-state index contributed by atoms with van der Waals surface area (Å²) < 4.78 is 0. The summed E-state index contributed by atoms with van der Waals surface area (Å²) in [5.41, 5.74) is 3.48. The highest BCUT2D eigenvalue weighted by atomic mass is 16.6. The lowest BCUT2D eigenvalue weighted by atomic mass is 10.3. The maximum atomic E-state index is 9.29. The van der Waals surface area contributed by atoms with E-state index in [9.17, 15) is 5.21 Å². The molecule has 0 unspecified atom stereocenters. The number of fused-ring (bicyclic) bond motifs is 1. The van der Waals surface area contributed by atoms with Gasteiger partial charge in [0.25, 0.3) is 0 Å². The summed E-state index contributed by atoms with van der Waals surface area (Å²) in [6, 6.07) is 7.68. The molecule has 0 bridgehead atoms. The van der Waals surface area contributed by atoms with Gasteiger partial charge in [-0.2, -0.15) is 0 Å². The van der Waals surface area contributed by atoms with E-state index in [1.807, 2.05) is 36.3 Å². The molecule has 0 saturated heterocycles. The van der Waals surface area contributed by atoms with Crippen LogP contribution in [0, 0.1) is 0 Å². The topological polar surface area (TPSA) is 43.3 Å². The quantitative estimate of drug-likeness (QED) is 0.503. The van der Waals surface area contributed by atoms with Crippen LogP contribution in [0.4, 0.5) is 11.4 Å². The molecule has 4 heteroatoms. The first kappa shape index (κ1) is 6.45. The number of hydrogen-bond acceptors (Lipinski definition) is 3. The molecule has 0 spiro atoms. The first-order valence-corrected chi connectivity index (χ1v) is 3.44. The van der Waals surface area contributed by atoms with Crippen molar-refractivity contribution in [1.82, 2.24) is 0 Å². The Morgan fingerprint density at radius 1 is 1.27 bits per heavy atom. The van der Waals surface area contributed by atoms with Crippen molar-refractivity contribution in [3.05, 3.63) is 24.3 Å². The highest BCUT2D eigenvalue weighted by molar-refractivity contribution is 5.69. The molecule has 1 heterocycles. The molecule has 1 aliphatic rings. The largest absolute Gasteiger partial charge is 0.242 e. The van der Waals surface area contributed by atoms with E-state index < -0.39 is 0 Å². The Kier molecular flexibility index (Phi) is 1.24. The van der Waals surface area contributed by atoms with Gasteiger partial charge in [-0.05, 0) is 12.1 Å². The number of nitrogens with zero attached hydrogens (tertiary/aromatic N) is 2. The third-order valence-electron chi connectivity index (χ3n) is 1.79. The third kappa shape index (κ3) is 0.840. The summed E-state index contributed by atoms with van der Waals surface area (Å²) in [6.07, 6.45) is 0. The van der Waals surface area contributed by atoms with Gasteiger partial charge in [-0.1, -0.05) is 17.3 Å². The molecule has 1 aromatic rings. The highest BCUT2D eigenvalue weighted by Gasteiger charge is 2.24. The molecular formula is C7H10N3O+. The summed E-state index contributed by atoms with van der Waals surface area (Å²) >= 11 is 0. The molecule has 0 atom stereocenters. The van der Waals surface area contributed by atoms with Crippen molar-refractivity contribution in [2.75, 3.05) is 17.2 Å². The Morgan fingerprint density at radius 2 is 1.91 bits per heavy atom. The van der Waals surface area contributed by atoms with Crippen LogP contribution in [0.3, 0.4) is 0 Å². The molecule has 0 aromatic heterocycles. The maximum absolute atomic E-state index is 9.29.